The van der Waals surface area contributed by atoms with Crippen LogP contribution in [0.2, 0.25) is 0 Å². The van der Waals surface area contributed by atoms with E-state index in [9.17, 15) is 0 Å². The molecule has 4 aromatic carbocycles. The first-order chi connectivity index (χ1) is 23.4. The number of fused-ring (bicyclic) bond motifs is 5. The number of benzene rings is 4. The lowest BCUT2D eigenvalue weighted by Gasteiger charge is -2.27. The van der Waals surface area contributed by atoms with E-state index in [0.717, 1.165) is 29.9 Å². The third-order valence-electron chi connectivity index (χ3n) is 10.1. The highest BCUT2D eigenvalue weighted by Gasteiger charge is 2.40. The summed E-state index contributed by atoms with van der Waals surface area (Å²) in [6.45, 7) is 17.2. The van der Waals surface area contributed by atoms with Gasteiger partial charge in [-0.2, -0.15) is 0 Å². The molecule has 0 atom stereocenters. The first-order valence-electron chi connectivity index (χ1n) is 17.0. The predicted molar refractivity (Wildman–Crippen MR) is 212 cm³/mol. The fraction of sp³-hybridized carbons (Fsp3) is 0.174. The Kier molecular flexibility index (Phi) is 8.54. The summed E-state index contributed by atoms with van der Waals surface area (Å²) in [7, 11) is 0. The minimum atomic E-state index is 0.00577. The zero-order valence-corrected chi connectivity index (χ0v) is 29.3. The van der Waals surface area contributed by atoms with E-state index in [2.05, 4.69) is 161 Å². The van der Waals surface area contributed by atoms with Crippen LogP contribution in [0.4, 0.5) is 11.4 Å². The molecular weight excluding hydrogens is 599 g/mol. The van der Waals surface area contributed by atoms with Crippen molar-refractivity contribution in [2.75, 3.05) is 4.90 Å². The molecular formula is C46H43NS. The van der Waals surface area contributed by atoms with Crippen LogP contribution in [-0.4, -0.2) is 0 Å². The summed E-state index contributed by atoms with van der Waals surface area (Å²) in [5.74, 6) is 0. The van der Waals surface area contributed by atoms with E-state index in [4.69, 9.17) is 0 Å². The van der Waals surface area contributed by atoms with Crippen LogP contribution in [0.1, 0.15) is 51.0 Å². The van der Waals surface area contributed by atoms with Crippen molar-refractivity contribution in [3.05, 3.63) is 173 Å². The Morgan fingerprint density at radius 3 is 2.38 bits per heavy atom. The normalized spacial score (nSPS) is 16.2. The number of hydrogen-bond donors (Lipinski definition) is 0. The smallest absolute Gasteiger partial charge is 0.0536 e. The van der Waals surface area contributed by atoms with Gasteiger partial charge in [0.25, 0.3) is 0 Å². The summed E-state index contributed by atoms with van der Waals surface area (Å²) in [5, 5.41) is 3.85. The lowest BCUT2D eigenvalue weighted by Crippen LogP contribution is -2.14. The summed E-state index contributed by atoms with van der Waals surface area (Å²) in [6.07, 6.45) is 18.0. The molecule has 0 saturated carbocycles. The van der Waals surface area contributed by atoms with Crippen molar-refractivity contribution in [1.82, 2.24) is 0 Å². The molecule has 1 aromatic heterocycles. The zero-order chi connectivity index (χ0) is 33.4. The van der Waals surface area contributed by atoms with Crippen LogP contribution < -0.4 is 4.90 Å². The molecule has 2 aliphatic carbocycles. The molecule has 0 unspecified atom stereocenters. The number of anilines is 2. The van der Waals surface area contributed by atoms with Crippen molar-refractivity contribution in [2.24, 2.45) is 5.41 Å². The maximum atomic E-state index is 4.31. The van der Waals surface area contributed by atoms with Gasteiger partial charge in [0.05, 0.1) is 5.69 Å². The van der Waals surface area contributed by atoms with Crippen LogP contribution >= 0.6 is 11.3 Å². The van der Waals surface area contributed by atoms with E-state index in [1.165, 1.54) is 65.6 Å². The number of aryl methyl sites for hydroxylation is 1. The molecule has 1 nitrogen and oxygen atoms in total. The van der Waals surface area contributed by atoms with Crippen molar-refractivity contribution in [3.63, 3.8) is 0 Å². The molecule has 0 aliphatic heterocycles. The molecule has 0 spiro atoms. The molecule has 0 bridgehead atoms. The van der Waals surface area contributed by atoms with Gasteiger partial charge in [-0.1, -0.05) is 136 Å². The van der Waals surface area contributed by atoms with Gasteiger partial charge in [0, 0.05) is 31.8 Å². The van der Waals surface area contributed by atoms with Crippen LogP contribution in [0.5, 0.6) is 0 Å². The van der Waals surface area contributed by atoms with Crippen LogP contribution in [-0.2, 0) is 6.42 Å². The van der Waals surface area contributed by atoms with Crippen LogP contribution in [0, 0.1) is 5.41 Å². The second-order valence-electron chi connectivity index (χ2n) is 13.3. The van der Waals surface area contributed by atoms with Crippen molar-refractivity contribution in [1.29, 1.82) is 0 Å². The third-order valence-corrected chi connectivity index (χ3v) is 11.4. The Balaban J connectivity index is 1.35. The van der Waals surface area contributed by atoms with E-state index in [1.807, 2.05) is 23.5 Å². The van der Waals surface area contributed by atoms with Gasteiger partial charge in [-0.25, -0.2) is 0 Å². The molecule has 238 valence electrons. The van der Waals surface area contributed by atoms with Crippen LogP contribution in [0.25, 0.3) is 37.6 Å². The SMILES string of the molecule is C=C/C=C\C=C(/C)N(c1ccc(-c2cccc3c4c(sc23)C2=C(CCC4)C(C)(C)C(/C=C\C)=C2C=C)cc1)c1cccc2ccccc12. The van der Waals surface area contributed by atoms with Crippen molar-refractivity contribution < 1.29 is 0 Å². The Bertz CT molecular complexity index is 2220. The molecule has 2 heteroatoms. The van der Waals surface area contributed by atoms with Gasteiger partial charge in [-0.3, -0.25) is 0 Å². The maximum absolute atomic E-state index is 4.31. The summed E-state index contributed by atoms with van der Waals surface area (Å²) >= 11 is 1.98. The minimum Gasteiger partial charge on any atom is -0.314 e. The van der Waals surface area contributed by atoms with Crippen LogP contribution in [0.15, 0.2) is 163 Å². The Morgan fingerprint density at radius 1 is 0.854 bits per heavy atom. The van der Waals surface area contributed by atoms with E-state index in [0.29, 0.717) is 0 Å². The van der Waals surface area contributed by atoms with Crippen molar-refractivity contribution in [3.8, 4) is 11.1 Å². The lowest BCUT2D eigenvalue weighted by atomic mass is 9.78. The van der Waals surface area contributed by atoms with Gasteiger partial charge in [0.15, 0.2) is 0 Å². The standard InChI is InChI=1S/C46H43NS/c1-7-10-11-18-31(4)47(42-26-14-20-32-19-12-13-21-36(32)42)34-29-27-33(28-30-34)37-22-15-23-38-39-24-16-25-41-43(45(39)48-44(37)38)35(9-3)40(17-8-2)46(41,5)6/h7-15,17-23,26-30H,1,3,16,24-25H2,2,4-6H3/b11-10-,17-8-,31-18+. The summed E-state index contributed by atoms with van der Waals surface area (Å²) in [6, 6.07) is 31.2. The molecule has 0 amide bonds. The van der Waals surface area contributed by atoms with Gasteiger partial charge < -0.3 is 4.90 Å². The topological polar surface area (TPSA) is 3.24 Å². The largest absolute Gasteiger partial charge is 0.314 e. The molecule has 7 rings (SSSR count). The van der Waals surface area contributed by atoms with Gasteiger partial charge in [-0.15, -0.1) is 11.3 Å². The van der Waals surface area contributed by atoms with E-state index >= 15 is 0 Å². The van der Waals surface area contributed by atoms with Gasteiger partial charge in [0.1, 0.15) is 0 Å². The minimum absolute atomic E-state index is 0.00577. The molecule has 0 N–H and O–H groups in total. The number of nitrogens with zero attached hydrogens (tertiary/aromatic N) is 1. The highest BCUT2D eigenvalue weighted by Crippen LogP contribution is 2.57. The maximum Gasteiger partial charge on any atom is 0.0536 e. The summed E-state index contributed by atoms with van der Waals surface area (Å²) in [5.41, 5.74) is 13.2. The van der Waals surface area contributed by atoms with Crippen molar-refractivity contribution >= 4 is 49.1 Å². The number of rotatable bonds is 8. The second-order valence-corrected chi connectivity index (χ2v) is 14.3. The fourth-order valence-corrected chi connectivity index (χ4v) is 9.32. The van der Waals surface area contributed by atoms with Gasteiger partial charge in [-0.05, 0) is 102 Å². The Hall–Kier alpha value is -4.92. The summed E-state index contributed by atoms with van der Waals surface area (Å²) in [4.78, 5) is 3.80. The molecule has 0 fully saturated rings. The van der Waals surface area contributed by atoms with E-state index < -0.39 is 0 Å². The monoisotopic (exact) mass is 641 g/mol. The van der Waals surface area contributed by atoms with Gasteiger partial charge >= 0.3 is 0 Å². The highest BCUT2D eigenvalue weighted by molar-refractivity contribution is 7.21. The predicted octanol–water partition coefficient (Wildman–Crippen LogP) is 13.7. The zero-order valence-electron chi connectivity index (χ0n) is 28.5. The second kappa shape index (κ2) is 12.9. The van der Waals surface area contributed by atoms with Crippen LogP contribution in [0.3, 0.4) is 0 Å². The molecule has 2 aliphatic rings. The quantitative estimate of drug-likeness (QED) is 0.152. The number of thiophene rings is 1. The van der Waals surface area contributed by atoms with E-state index in [-0.39, 0.29) is 5.41 Å². The average molecular weight is 642 g/mol. The Labute approximate surface area is 289 Å². The molecule has 0 saturated heterocycles. The molecule has 5 aromatic rings. The fourth-order valence-electron chi connectivity index (χ4n) is 7.85. The summed E-state index contributed by atoms with van der Waals surface area (Å²) < 4.78 is 1.38. The lowest BCUT2D eigenvalue weighted by molar-refractivity contribution is 0.532. The molecule has 1 heterocycles. The number of hydrogen-bond acceptors (Lipinski definition) is 2. The van der Waals surface area contributed by atoms with Crippen molar-refractivity contribution in [2.45, 2.75) is 47.0 Å². The highest BCUT2D eigenvalue weighted by atomic mass is 32.1. The third kappa shape index (κ3) is 5.25. The molecule has 0 radical (unpaired) electrons. The first kappa shape index (κ1) is 31.7. The van der Waals surface area contributed by atoms with Gasteiger partial charge in [0.2, 0.25) is 0 Å². The molecule has 48 heavy (non-hydrogen) atoms. The number of allylic oxidation sites excluding steroid dienone is 12. The Morgan fingerprint density at radius 2 is 1.60 bits per heavy atom. The van der Waals surface area contributed by atoms with E-state index in [1.54, 1.807) is 5.57 Å². The average Bonchev–Trinajstić information content (AvgIpc) is 3.48. The first-order valence-corrected chi connectivity index (χ1v) is 17.8.